The summed E-state index contributed by atoms with van der Waals surface area (Å²) in [6.45, 7) is 1.82. The average Bonchev–Trinajstić information content (AvgIpc) is 2.49. The normalized spacial score (nSPS) is 11.8. The van der Waals surface area contributed by atoms with Crippen LogP contribution in [-0.4, -0.2) is 13.1 Å². The fraction of sp³-hybridized carbons (Fsp3) is 0.188. The molecule has 1 atom stereocenters. The summed E-state index contributed by atoms with van der Waals surface area (Å²) in [6.07, 6.45) is 0. The molecule has 1 unspecified atom stereocenters. The Bertz CT molecular complexity index is 658. The zero-order valence-corrected chi connectivity index (χ0v) is 11.9. The molecular weight excluding hydrogens is 271 g/mol. The summed E-state index contributed by atoms with van der Waals surface area (Å²) in [6, 6.07) is 11.0. The smallest absolute Gasteiger partial charge is 0.337 e. The van der Waals surface area contributed by atoms with Gasteiger partial charge in [-0.25, -0.2) is 9.18 Å². The Hall–Kier alpha value is -2.56. The first-order chi connectivity index (χ1) is 10.0. The second-order valence-corrected chi connectivity index (χ2v) is 4.68. The summed E-state index contributed by atoms with van der Waals surface area (Å²) >= 11 is 0. The Morgan fingerprint density at radius 3 is 2.67 bits per heavy atom. The lowest BCUT2D eigenvalue weighted by atomic mass is 10.1. The molecule has 0 aliphatic rings. The van der Waals surface area contributed by atoms with E-state index in [9.17, 15) is 9.18 Å². The molecule has 0 saturated heterocycles. The monoisotopic (exact) mass is 288 g/mol. The van der Waals surface area contributed by atoms with Crippen molar-refractivity contribution in [3.8, 4) is 0 Å². The molecule has 0 aliphatic heterocycles. The van der Waals surface area contributed by atoms with Crippen LogP contribution in [0.4, 0.5) is 15.8 Å². The fourth-order valence-corrected chi connectivity index (χ4v) is 2.06. The van der Waals surface area contributed by atoms with Crippen LogP contribution in [0.2, 0.25) is 0 Å². The highest BCUT2D eigenvalue weighted by Gasteiger charge is 2.13. The van der Waals surface area contributed by atoms with Gasteiger partial charge in [0.15, 0.2) is 0 Å². The molecule has 0 amide bonds. The summed E-state index contributed by atoms with van der Waals surface area (Å²) < 4.78 is 18.4. The minimum absolute atomic E-state index is 0.290. The maximum atomic E-state index is 13.8. The molecule has 0 bridgehead atoms. The van der Waals surface area contributed by atoms with Crippen molar-refractivity contribution in [1.82, 2.24) is 0 Å². The fourth-order valence-electron chi connectivity index (χ4n) is 2.06. The first kappa shape index (κ1) is 14.8. The van der Waals surface area contributed by atoms with Gasteiger partial charge in [0.2, 0.25) is 0 Å². The van der Waals surface area contributed by atoms with Crippen LogP contribution >= 0.6 is 0 Å². The minimum atomic E-state index is -0.448. The second kappa shape index (κ2) is 6.26. The van der Waals surface area contributed by atoms with Crippen LogP contribution in [0.1, 0.15) is 28.9 Å². The average molecular weight is 288 g/mol. The Kier molecular flexibility index (Phi) is 4.42. The number of methoxy groups -OCH3 is 1. The first-order valence-corrected chi connectivity index (χ1v) is 6.51. The van der Waals surface area contributed by atoms with E-state index in [0.717, 1.165) is 0 Å². The van der Waals surface area contributed by atoms with Crippen molar-refractivity contribution in [1.29, 1.82) is 0 Å². The van der Waals surface area contributed by atoms with Gasteiger partial charge in [0.05, 0.1) is 30.1 Å². The molecule has 5 heteroatoms. The van der Waals surface area contributed by atoms with Crippen molar-refractivity contribution in [2.75, 3.05) is 18.2 Å². The lowest BCUT2D eigenvalue weighted by Gasteiger charge is -2.18. The van der Waals surface area contributed by atoms with Crippen LogP contribution in [-0.2, 0) is 4.74 Å². The third-order valence-corrected chi connectivity index (χ3v) is 3.22. The highest BCUT2D eigenvalue weighted by atomic mass is 19.1. The van der Waals surface area contributed by atoms with Gasteiger partial charge in [0.25, 0.3) is 0 Å². The van der Waals surface area contributed by atoms with E-state index in [-0.39, 0.29) is 11.9 Å². The van der Waals surface area contributed by atoms with Crippen LogP contribution < -0.4 is 11.1 Å². The predicted octanol–water partition coefficient (Wildman–Crippen LogP) is 3.37. The van der Waals surface area contributed by atoms with Crippen LogP contribution in [0.5, 0.6) is 0 Å². The van der Waals surface area contributed by atoms with Gasteiger partial charge in [-0.3, -0.25) is 0 Å². The van der Waals surface area contributed by atoms with Crippen LogP contribution in [0.3, 0.4) is 0 Å². The maximum Gasteiger partial charge on any atom is 0.337 e. The molecule has 110 valence electrons. The molecule has 2 rings (SSSR count). The Morgan fingerprint density at radius 1 is 1.29 bits per heavy atom. The van der Waals surface area contributed by atoms with Gasteiger partial charge in [-0.05, 0) is 31.2 Å². The molecule has 0 aliphatic carbocycles. The van der Waals surface area contributed by atoms with Crippen molar-refractivity contribution < 1.29 is 13.9 Å². The molecule has 3 N–H and O–H groups in total. The van der Waals surface area contributed by atoms with E-state index in [1.807, 2.05) is 6.92 Å². The number of carbonyl (C=O) groups is 1. The molecule has 2 aromatic rings. The van der Waals surface area contributed by atoms with E-state index < -0.39 is 5.97 Å². The Labute approximate surface area is 122 Å². The van der Waals surface area contributed by atoms with Crippen molar-refractivity contribution in [3.63, 3.8) is 0 Å². The topological polar surface area (TPSA) is 64.3 Å². The standard InChI is InChI=1S/C16H17FN2O2/c1-10(12-5-3-4-6-13(12)17)19-15-9-11(16(20)21-2)7-8-14(15)18/h3-10,19H,18H2,1-2H3. The van der Waals surface area contributed by atoms with Gasteiger partial charge in [-0.1, -0.05) is 18.2 Å². The van der Waals surface area contributed by atoms with E-state index in [4.69, 9.17) is 5.73 Å². The summed E-state index contributed by atoms with van der Waals surface area (Å²) in [7, 11) is 1.31. The van der Waals surface area contributed by atoms with E-state index in [0.29, 0.717) is 22.5 Å². The maximum absolute atomic E-state index is 13.8. The number of nitrogens with one attached hydrogen (secondary N) is 1. The first-order valence-electron chi connectivity index (χ1n) is 6.51. The molecular formula is C16H17FN2O2. The number of halogens is 1. The third kappa shape index (κ3) is 3.31. The number of esters is 1. The molecule has 0 radical (unpaired) electrons. The molecule has 21 heavy (non-hydrogen) atoms. The highest BCUT2D eigenvalue weighted by molar-refractivity contribution is 5.92. The molecule has 0 spiro atoms. The summed E-state index contributed by atoms with van der Waals surface area (Å²) in [5.74, 6) is -0.739. The number of nitrogen functional groups attached to an aromatic ring is 1. The van der Waals surface area contributed by atoms with Crippen LogP contribution in [0, 0.1) is 5.82 Å². The summed E-state index contributed by atoms with van der Waals surface area (Å²) in [5, 5.41) is 3.11. The lowest BCUT2D eigenvalue weighted by Crippen LogP contribution is -2.11. The molecule has 4 nitrogen and oxygen atoms in total. The minimum Gasteiger partial charge on any atom is -0.465 e. The number of hydrogen-bond donors (Lipinski definition) is 2. The van der Waals surface area contributed by atoms with Gasteiger partial charge in [-0.15, -0.1) is 0 Å². The molecule has 0 fully saturated rings. The van der Waals surface area contributed by atoms with Crippen LogP contribution in [0.25, 0.3) is 0 Å². The molecule has 2 aromatic carbocycles. The third-order valence-electron chi connectivity index (χ3n) is 3.22. The Morgan fingerprint density at radius 2 is 2.00 bits per heavy atom. The zero-order chi connectivity index (χ0) is 15.4. The number of nitrogens with two attached hydrogens (primary N) is 1. The number of ether oxygens (including phenoxy) is 1. The van der Waals surface area contributed by atoms with Gasteiger partial charge < -0.3 is 15.8 Å². The van der Waals surface area contributed by atoms with Gasteiger partial charge in [-0.2, -0.15) is 0 Å². The molecule has 0 heterocycles. The quantitative estimate of drug-likeness (QED) is 0.669. The van der Waals surface area contributed by atoms with Crippen molar-refractivity contribution in [3.05, 3.63) is 59.4 Å². The van der Waals surface area contributed by atoms with Crippen molar-refractivity contribution >= 4 is 17.3 Å². The number of benzene rings is 2. The van der Waals surface area contributed by atoms with Crippen molar-refractivity contribution in [2.45, 2.75) is 13.0 Å². The number of rotatable bonds is 4. The van der Waals surface area contributed by atoms with E-state index in [2.05, 4.69) is 10.1 Å². The van der Waals surface area contributed by atoms with E-state index in [1.165, 1.54) is 13.2 Å². The van der Waals surface area contributed by atoms with Crippen LogP contribution in [0.15, 0.2) is 42.5 Å². The number of hydrogen-bond acceptors (Lipinski definition) is 4. The van der Waals surface area contributed by atoms with Crippen molar-refractivity contribution in [2.24, 2.45) is 0 Å². The Balaban J connectivity index is 2.27. The van der Waals surface area contributed by atoms with E-state index in [1.54, 1.807) is 36.4 Å². The van der Waals surface area contributed by atoms with E-state index >= 15 is 0 Å². The number of carbonyl (C=O) groups excluding carboxylic acids is 1. The second-order valence-electron chi connectivity index (χ2n) is 4.68. The van der Waals surface area contributed by atoms with Gasteiger partial charge in [0.1, 0.15) is 5.82 Å². The van der Waals surface area contributed by atoms with Gasteiger partial charge in [0, 0.05) is 5.56 Å². The summed E-state index contributed by atoms with van der Waals surface area (Å²) in [4.78, 5) is 11.5. The SMILES string of the molecule is COC(=O)c1ccc(N)c(NC(C)c2ccccc2F)c1. The number of anilines is 2. The molecule has 0 saturated carbocycles. The zero-order valence-electron chi connectivity index (χ0n) is 11.9. The lowest BCUT2D eigenvalue weighted by molar-refractivity contribution is 0.0601. The predicted molar refractivity (Wildman–Crippen MR) is 80.6 cm³/mol. The van der Waals surface area contributed by atoms with Gasteiger partial charge >= 0.3 is 5.97 Å². The summed E-state index contributed by atoms with van der Waals surface area (Å²) in [5.41, 5.74) is 7.84. The largest absolute Gasteiger partial charge is 0.465 e. The molecule has 0 aromatic heterocycles. The highest BCUT2D eigenvalue weighted by Crippen LogP contribution is 2.26.